The summed E-state index contributed by atoms with van der Waals surface area (Å²) in [6.45, 7) is 1.65. The van der Waals surface area contributed by atoms with Crippen LogP contribution < -0.4 is 10.2 Å². The zero-order valence-electron chi connectivity index (χ0n) is 17.8. The first-order valence-electron chi connectivity index (χ1n) is 9.79. The number of aromatic nitrogens is 1. The van der Waals surface area contributed by atoms with Crippen molar-refractivity contribution in [1.29, 1.82) is 0 Å². The third kappa shape index (κ3) is 4.48. The molecule has 6 nitrogen and oxygen atoms in total. The van der Waals surface area contributed by atoms with E-state index in [1.165, 1.54) is 37.2 Å². The minimum atomic E-state index is -1.36. The van der Waals surface area contributed by atoms with Gasteiger partial charge in [-0.2, -0.15) is 11.8 Å². The summed E-state index contributed by atoms with van der Waals surface area (Å²) in [6, 6.07) is 7.32. The Balaban J connectivity index is 2.32. The molecule has 0 bridgehead atoms. The van der Waals surface area contributed by atoms with Crippen LogP contribution >= 0.6 is 23.4 Å². The summed E-state index contributed by atoms with van der Waals surface area (Å²) in [7, 11) is 1.46. The van der Waals surface area contributed by atoms with Gasteiger partial charge in [-0.05, 0) is 29.5 Å². The highest BCUT2D eigenvalue weighted by molar-refractivity contribution is 7.99. The second-order valence-electron chi connectivity index (χ2n) is 7.35. The normalized spacial score (nSPS) is 13.2. The fourth-order valence-electron chi connectivity index (χ4n) is 3.69. The van der Waals surface area contributed by atoms with Crippen molar-refractivity contribution in [3.05, 3.63) is 74.3 Å². The molecule has 1 heterocycles. The number of pyridine rings is 1. The van der Waals surface area contributed by atoms with E-state index in [1.54, 1.807) is 22.8 Å². The molecule has 0 amide bonds. The highest BCUT2D eigenvalue weighted by Gasteiger charge is 2.24. The minimum Gasteiger partial charge on any atom is -0.496 e. The fraction of sp³-hybridized carbons (Fsp3) is 0.304. The number of carbonyl (C=O) groups is 1. The van der Waals surface area contributed by atoms with Gasteiger partial charge in [0, 0.05) is 29.3 Å². The van der Waals surface area contributed by atoms with Gasteiger partial charge in [-0.1, -0.05) is 30.7 Å². The number of methoxy groups -OCH3 is 1. The summed E-state index contributed by atoms with van der Waals surface area (Å²) < 4.78 is 21.6. The number of ether oxygens (including phenoxy) is 1. The Bertz CT molecular complexity index is 1230. The molecule has 0 saturated heterocycles. The van der Waals surface area contributed by atoms with Crippen molar-refractivity contribution < 1.29 is 24.1 Å². The molecular formula is C23H23ClFNO5S. The second kappa shape index (κ2) is 9.94. The number of carboxylic acid groups (broad SMARTS) is 1. The van der Waals surface area contributed by atoms with Crippen LogP contribution in [0.5, 0.6) is 5.75 Å². The zero-order chi connectivity index (χ0) is 23.6. The van der Waals surface area contributed by atoms with Gasteiger partial charge in [0.1, 0.15) is 17.1 Å². The molecule has 0 spiro atoms. The molecule has 0 fully saturated rings. The predicted molar refractivity (Wildman–Crippen MR) is 125 cm³/mol. The van der Waals surface area contributed by atoms with Gasteiger partial charge < -0.3 is 19.5 Å². The monoisotopic (exact) mass is 479 g/mol. The van der Waals surface area contributed by atoms with Gasteiger partial charge in [0.2, 0.25) is 5.43 Å². The van der Waals surface area contributed by atoms with Gasteiger partial charge in [-0.3, -0.25) is 4.79 Å². The van der Waals surface area contributed by atoms with E-state index >= 15 is 0 Å². The molecule has 2 N–H and O–H groups in total. The predicted octanol–water partition coefficient (Wildman–Crippen LogP) is 4.38. The van der Waals surface area contributed by atoms with Gasteiger partial charge in [0.05, 0.1) is 30.3 Å². The second-order valence-corrected chi connectivity index (χ2v) is 8.97. The van der Waals surface area contributed by atoms with Gasteiger partial charge in [0.15, 0.2) is 0 Å². The van der Waals surface area contributed by atoms with Crippen LogP contribution in [0.15, 0.2) is 41.3 Å². The molecule has 2 aromatic carbocycles. The molecule has 0 aliphatic carbocycles. The van der Waals surface area contributed by atoms with Crippen molar-refractivity contribution in [3.63, 3.8) is 0 Å². The van der Waals surface area contributed by atoms with Crippen molar-refractivity contribution in [3.8, 4) is 5.75 Å². The van der Waals surface area contributed by atoms with Crippen molar-refractivity contribution in [1.82, 2.24) is 4.57 Å². The Morgan fingerprint density at radius 3 is 2.62 bits per heavy atom. The van der Waals surface area contributed by atoms with E-state index in [4.69, 9.17) is 16.3 Å². The number of aliphatic hydroxyl groups is 1. The molecule has 3 aromatic rings. The SMILES string of the molecule is COc1cc2c(cc1Cc1cccc(Cl)c1F)c(=O)c(C(=O)O)cn2C(CO)[C@@H](C)SC. The summed E-state index contributed by atoms with van der Waals surface area (Å²) in [5, 5.41) is 19.7. The first kappa shape index (κ1) is 24.1. The van der Waals surface area contributed by atoms with E-state index in [0.717, 1.165) is 0 Å². The van der Waals surface area contributed by atoms with Crippen LogP contribution in [0.25, 0.3) is 10.9 Å². The van der Waals surface area contributed by atoms with E-state index < -0.39 is 28.8 Å². The molecule has 0 aliphatic rings. The molecule has 1 aromatic heterocycles. The molecule has 32 heavy (non-hydrogen) atoms. The minimum absolute atomic E-state index is 0.0189. The van der Waals surface area contributed by atoms with E-state index in [2.05, 4.69) is 0 Å². The molecule has 0 aliphatic heterocycles. The number of halogens is 2. The highest BCUT2D eigenvalue weighted by Crippen LogP contribution is 2.32. The summed E-state index contributed by atoms with van der Waals surface area (Å²) in [5.74, 6) is -1.53. The van der Waals surface area contributed by atoms with Crippen LogP contribution in [-0.4, -0.2) is 46.0 Å². The first-order valence-corrected chi connectivity index (χ1v) is 11.5. The maximum absolute atomic E-state index is 14.5. The van der Waals surface area contributed by atoms with Crippen molar-refractivity contribution in [2.45, 2.75) is 24.6 Å². The lowest BCUT2D eigenvalue weighted by Crippen LogP contribution is -2.27. The fourth-order valence-corrected chi connectivity index (χ4v) is 4.41. The van der Waals surface area contributed by atoms with E-state index in [-0.39, 0.29) is 28.7 Å². The Labute approximate surface area is 193 Å². The largest absolute Gasteiger partial charge is 0.496 e. The Kier molecular flexibility index (Phi) is 7.48. The highest BCUT2D eigenvalue weighted by atomic mass is 35.5. The molecule has 9 heteroatoms. The van der Waals surface area contributed by atoms with E-state index in [9.17, 15) is 24.2 Å². The molecule has 0 saturated carbocycles. The number of benzene rings is 2. The molecular weight excluding hydrogens is 457 g/mol. The Morgan fingerprint density at radius 2 is 2.03 bits per heavy atom. The third-order valence-electron chi connectivity index (χ3n) is 5.54. The van der Waals surface area contributed by atoms with E-state index in [0.29, 0.717) is 22.4 Å². The molecule has 2 atom stereocenters. The topological polar surface area (TPSA) is 88.8 Å². The molecule has 3 rings (SSSR count). The first-order chi connectivity index (χ1) is 15.2. The van der Waals surface area contributed by atoms with Crippen LogP contribution in [-0.2, 0) is 6.42 Å². The maximum atomic E-state index is 14.5. The average Bonchev–Trinajstić information content (AvgIpc) is 2.78. The van der Waals surface area contributed by atoms with Crippen LogP contribution in [0.4, 0.5) is 4.39 Å². The van der Waals surface area contributed by atoms with E-state index in [1.807, 2.05) is 13.2 Å². The maximum Gasteiger partial charge on any atom is 0.341 e. The van der Waals surface area contributed by atoms with Crippen LogP contribution in [0, 0.1) is 5.82 Å². The standard InChI is InChI=1S/C23H23ClFNO5S/c1-12(32-3)19(11-27)26-10-16(23(29)30)22(28)15-8-14(20(31-2)9-18(15)26)7-13-5-4-6-17(24)21(13)25/h4-6,8-10,12,19,27H,7,11H2,1-3H3,(H,29,30)/t12-,19?/m1/s1. The molecule has 170 valence electrons. The van der Waals surface area contributed by atoms with Crippen LogP contribution in [0.3, 0.4) is 0 Å². The number of nitrogens with zero attached hydrogens (tertiary/aromatic N) is 1. The van der Waals surface area contributed by atoms with Gasteiger partial charge >= 0.3 is 5.97 Å². The van der Waals surface area contributed by atoms with Crippen LogP contribution in [0.1, 0.15) is 34.5 Å². The molecule has 1 unspecified atom stereocenters. The average molecular weight is 480 g/mol. The van der Waals surface area contributed by atoms with Gasteiger partial charge in [-0.25, -0.2) is 9.18 Å². The van der Waals surface area contributed by atoms with Crippen LogP contribution in [0.2, 0.25) is 5.02 Å². The number of fused-ring (bicyclic) bond motifs is 1. The third-order valence-corrected chi connectivity index (χ3v) is 6.88. The van der Waals surface area contributed by atoms with Crippen molar-refractivity contribution in [2.75, 3.05) is 20.0 Å². The molecule has 0 radical (unpaired) electrons. The van der Waals surface area contributed by atoms with Crippen molar-refractivity contribution >= 4 is 40.2 Å². The lowest BCUT2D eigenvalue weighted by molar-refractivity contribution is 0.0694. The number of rotatable bonds is 8. The number of hydrogen-bond acceptors (Lipinski definition) is 5. The smallest absolute Gasteiger partial charge is 0.341 e. The Hall–Kier alpha value is -2.55. The Morgan fingerprint density at radius 1 is 1.31 bits per heavy atom. The summed E-state index contributed by atoms with van der Waals surface area (Å²) in [4.78, 5) is 24.8. The number of carboxylic acids is 1. The van der Waals surface area contributed by atoms with Gasteiger partial charge in [0.25, 0.3) is 0 Å². The number of hydrogen-bond donors (Lipinski definition) is 2. The lowest BCUT2D eigenvalue weighted by Gasteiger charge is -2.26. The van der Waals surface area contributed by atoms with Gasteiger partial charge in [-0.15, -0.1) is 0 Å². The quantitative estimate of drug-likeness (QED) is 0.498. The lowest BCUT2D eigenvalue weighted by atomic mass is 9.99. The summed E-state index contributed by atoms with van der Waals surface area (Å²) >= 11 is 7.40. The zero-order valence-corrected chi connectivity index (χ0v) is 19.3. The van der Waals surface area contributed by atoms with Crippen molar-refractivity contribution in [2.24, 2.45) is 0 Å². The number of aliphatic hydroxyl groups excluding tert-OH is 1. The summed E-state index contributed by atoms with van der Waals surface area (Å²) in [6.07, 6.45) is 3.23. The summed E-state index contributed by atoms with van der Waals surface area (Å²) in [5.41, 5.74) is 0.175. The number of thioether (sulfide) groups is 1. The number of aromatic carboxylic acids is 1.